The molecule has 2 N–H and O–H groups in total. The molecular weight excluding hydrogens is 393 g/mol. The van der Waals surface area contributed by atoms with E-state index in [1.165, 1.54) is 43.6 Å². The molecule has 0 radical (unpaired) electrons. The molecule has 2 heterocycles. The smallest absolute Gasteiger partial charge is 0.269 e. The van der Waals surface area contributed by atoms with Crippen LogP contribution < -0.4 is 10.5 Å². The lowest BCUT2D eigenvalue weighted by Crippen LogP contribution is -2.23. The molecule has 1 atom stereocenters. The van der Waals surface area contributed by atoms with Gasteiger partial charge in [-0.2, -0.15) is 0 Å². The van der Waals surface area contributed by atoms with Gasteiger partial charge < -0.3 is 10.5 Å². The summed E-state index contributed by atoms with van der Waals surface area (Å²) in [6, 6.07) is 16.1. The van der Waals surface area contributed by atoms with Crippen LogP contribution in [0, 0.1) is 5.82 Å². The summed E-state index contributed by atoms with van der Waals surface area (Å²) in [5, 5.41) is 0.604. The van der Waals surface area contributed by atoms with E-state index in [1.807, 2.05) is 0 Å². The van der Waals surface area contributed by atoms with Crippen LogP contribution in [0.2, 0.25) is 0 Å². The summed E-state index contributed by atoms with van der Waals surface area (Å²) < 4.78 is 47.2. The van der Waals surface area contributed by atoms with Crippen LogP contribution in [0.25, 0.3) is 11.0 Å². The van der Waals surface area contributed by atoms with Gasteiger partial charge in [-0.05, 0) is 48.5 Å². The number of pyridine rings is 1. The molecular formula is C21H18FN3O3S. The SMILES string of the molecule is COc1ccc(F)cc1C(N)c1cc2cccnc2n1S(=O)(=O)c1ccccc1. The fourth-order valence-corrected chi connectivity index (χ4v) is 4.84. The predicted molar refractivity (Wildman–Crippen MR) is 108 cm³/mol. The first kappa shape index (κ1) is 19.1. The molecule has 8 heteroatoms. The van der Waals surface area contributed by atoms with E-state index in [1.54, 1.807) is 36.4 Å². The van der Waals surface area contributed by atoms with E-state index in [0.29, 0.717) is 16.7 Å². The Bertz CT molecular complexity index is 1290. The van der Waals surface area contributed by atoms with Crippen LogP contribution in [0.1, 0.15) is 17.3 Å². The first-order valence-electron chi connectivity index (χ1n) is 8.79. The normalized spacial score (nSPS) is 12.8. The summed E-state index contributed by atoms with van der Waals surface area (Å²) >= 11 is 0. The number of aromatic nitrogens is 2. The second kappa shape index (κ2) is 7.31. The highest BCUT2D eigenvalue weighted by Gasteiger charge is 2.28. The van der Waals surface area contributed by atoms with Gasteiger partial charge in [-0.1, -0.05) is 18.2 Å². The molecule has 148 valence electrons. The number of nitrogens with two attached hydrogens (primary N) is 1. The average Bonchev–Trinajstić information content (AvgIpc) is 3.14. The molecule has 0 bridgehead atoms. The molecule has 0 aliphatic carbocycles. The standard InChI is InChI=1S/C21H18FN3O3S/c1-28-19-10-9-15(22)13-17(19)20(23)18-12-14-6-5-11-24-21(14)25(18)29(26,27)16-7-3-2-4-8-16/h2-13,20H,23H2,1H3. The summed E-state index contributed by atoms with van der Waals surface area (Å²) in [5.74, 6) is -0.135. The zero-order valence-electron chi connectivity index (χ0n) is 15.5. The highest BCUT2D eigenvalue weighted by atomic mass is 32.2. The molecule has 29 heavy (non-hydrogen) atoms. The van der Waals surface area contributed by atoms with Crippen molar-refractivity contribution in [2.45, 2.75) is 10.9 Å². The number of nitrogens with zero attached hydrogens (tertiary/aromatic N) is 2. The van der Waals surface area contributed by atoms with E-state index in [2.05, 4.69) is 4.98 Å². The van der Waals surface area contributed by atoms with Gasteiger partial charge in [-0.3, -0.25) is 0 Å². The maximum absolute atomic E-state index is 13.9. The molecule has 0 aliphatic rings. The molecule has 0 aliphatic heterocycles. The van der Waals surface area contributed by atoms with Crippen LogP contribution in [-0.2, 0) is 10.0 Å². The van der Waals surface area contributed by atoms with Crippen molar-refractivity contribution >= 4 is 21.1 Å². The third-order valence-electron chi connectivity index (χ3n) is 4.67. The van der Waals surface area contributed by atoms with Crippen molar-refractivity contribution in [3.8, 4) is 5.75 Å². The summed E-state index contributed by atoms with van der Waals surface area (Å²) in [5.41, 5.74) is 7.28. The van der Waals surface area contributed by atoms with E-state index in [0.717, 1.165) is 3.97 Å². The highest BCUT2D eigenvalue weighted by Crippen LogP contribution is 2.34. The second-order valence-electron chi connectivity index (χ2n) is 6.43. The van der Waals surface area contributed by atoms with Gasteiger partial charge in [0.2, 0.25) is 0 Å². The Balaban J connectivity index is 2.00. The van der Waals surface area contributed by atoms with Crippen LogP contribution in [0.15, 0.2) is 77.8 Å². The molecule has 0 amide bonds. The minimum absolute atomic E-state index is 0.0998. The Morgan fingerprint density at radius 3 is 2.55 bits per heavy atom. The number of fused-ring (bicyclic) bond motifs is 1. The third-order valence-corrected chi connectivity index (χ3v) is 6.41. The van der Waals surface area contributed by atoms with Crippen LogP contribution in [0.3, 0.4) is 0 Å². The van der Waals surface area contributed by atoms with Gasteiger partial charge in [-0.25, -0.2) is 21.8 Å². The Hall–Kier alpha value is -3.23. The van der Waals surface area contributed by atoms with Crippen LogP contribution in [-0.4, -0.2) is 24.5 Å². The predicted octanol–water partition coefficient (Wildman–Crippen LogP) is 3.47. The van der Waals surface area contributed by atoms with E-state index >= 15 is 0 Å². The van der Waals surface area contributed by atoms with Crippen molar-refractivity contribution in [1.29, 1.82) is 0 Å². The van der Waals surface area contributed by atoms with Crippen molar-refractivity contribution in [3.05, 3.63) is 90.0 Å². The third kappa shape index (κ3) is 3.26. The lowest BCUT2D eigenvalue weighted by atomic mass is 10.0. The quantitative estimate of drug-likeness (QED) is 0.543. The molecule has 0 spiro atoms. The summed E-state index contributed by atoms with van der Waals surface area (Å²) in [7, 11) is -2.55. The largest absolute Gasteiger partial charge is 0.496 e. The average molecular weight is 411 g/mol. The zero-order valence-corrected chi connectivity index (χ0v) is 16.3. The molecule has 4 aromatic rings. The Morgan fingerprint density at radius 2 is 1.83 bits per heavy atom. The van der Waals surface area contributed by atoms with Crippen LogP contribution in [0.5, 0.6) is 5.75 Å². The maximum atomic E-state index is 13.9. The minimum Gasteiger partial charge on any atom is -0.496 e. The van der Waals surface area contributed by atoms with Crippen LogP contribution in [0.4, 0.5) is 4.39 Å². The molecule has 0 saturated carbocycles. The Labute approximate surface area is 167 Å². The number of ether oxygens (including phenoxy) is 1. The minimum atomic E-state index is -4.00. The zero-order chi connectivity index (χ0) is 20.6. The van der Waals surface area contributed by atoms with E-state index in [4.69, 9.17) is 10.5 Å². The fourth-order valence-electron chi connectivity index (χ4n) is 3.31. The first-order chi connectivity index (χ1) is 13.9. The van der Waals surface area contributed by atoms with Crippen molar-refractivity contribution in [2.24, 2.45) is 5.73 Å². The first-order valence-corrected chi connectivity index (χ1v) is 10.2. The topological polar surface area (TPSA) is 87.2 Å². The number of hydrogen-bond acceptors (Lipinski definition) is 5. The van der Waals surface area contributed by atoms with Crippen molar-refractivity contribution in [2.75, 3.05) is 7.11 Å². The molecule has 4 rings (SSSR count). The molecule has 2 aromatic heterocycles. The molecule has 6 nitrogen and oxygen atoms in total. The number of rotatable bonds is 5. The van der Waals surface area contributed by atoms with E-state index in [9.17, 15) is 12.8 Å². The summed E-state index contributed by atoms with van der Waals surface area (Å²) in [4.78, 5) is 4.35. The maximum Gasteiger partial charge on any atom is 0.269 e. The number of benzene rings is 2. The van der Waals surface area contributed by atoms with Gasteiger partial charge in [0.05, 0.1) is 23.7 Å². The van der Waals surface area contributed by atoms with E-state index in [-0.39, 0.29) is 16.2 Å². The fraction of sp³-hybridized carbons (Fsp3) is 0.0952. The van der Waals surface area contributed by atoms with Crippen molar-refractivity contribution in [3.63, 3.8) is 0 Å². The van der Waals surface area contributed by atoms with E-state index < -0.39 is 21.9 Å². The van der Waals surface area contributed by atoms with Gasteiger partial charge >= 0.3 is 0 Å². The molecule has 2 aromatic carbocycles. The monoisotopic (exact) mass is 411 g/mol. The van der Waals surface area contributed by atoms with Crippen molar-refractivity contribution < 1.29 is 17.5 Å². The van der Waals surface area contributed by atoms with Gasteiger partial charge in [0.15, 0.2) is 5.65 Å². The lowest BCUT2D eigenvalue weighted by Gasteiger charge is -2.19. The Kier molecular flexibility index (Phi) is 4.81. The highest BCUT2D eigenvalue weighted by molar-refractivity contribution is 7.90. The summed E-state index contributed by atoms with van der Waals surface area (Å²) in [6.07, 6.45) is 1.51. The molecule has 0 saturated heterocycles. The lowest BCUT2D eigenvalue weighted by molar-refractivity contribution is 0.406. The number of hydrogen-bond donors (Lipinski definition) is 1. The van der Waals surface area contributed by atoms with Gasteiger partial charge in [0.1, 0.15) is 11.6 Å². The van der Waals surface area contributed by atoms with Crippen LogP contribution >= 0.6 is 0 Å². The number of halogens is 1. The Morgan fingerprint density at radius 1 is 1.07 bits per heavy atom. The number of methoxy groups -OCH3 is 1. The molecule has 1 unspecified atom stereocenters. The van der Waals surface area contributed by atoms with Gasteiger partial charge in [-0.15, -0.1) is 0 Å². The van der Waals surface area contributed by atoms with Crippen molar-refractivity contribution in [1.82, 2.24) is 8.96 Å². The summed E-state index contributed by atoms with van der Waals surface area (Å²) in [6.45, 7) is 0. The molecule has 0 fully saturated rings. The van der Waals surface area contributed by atoms with Gasteiger partial charge in [0.25, 0.3) is 10.0 Å². The van der Waals surface area contributed by atoms with Gasteiger partial charge in [0, 0.05) is 17.1 Å². The second-order valence-corrected chi connectivity index (χ2v) is 8.22.